The van der Waals surface area contributed by atoms with Crippen molar-refractivity contribution in [3.8, 4) is 0 Å². The van der Waals surface area contributed by atoms with Crippen LogP contribution in [-0.4, -0.2) is 33.4 Å². The Kier molecular flexibility index (Phi) is 3.27. The van der Waals surface area contributed by atoms with Crippen LogP contribution in [0.25, 0.3) is 11.0 Å². The van der Waals surface area contributed by atoms with E-state index in [-0.39, 0.29) is 11.3 Å². The molecule has 1 fully saturated rings. The summed E-state index contributed by atoms with van der Waals surface area (Å²) in [5, 5.41) is 0. The summed E-state index contributed by atoms with van der Waals surface area (Å²) >= 11 is 0. The molecule has 1 unspecified atom stereocenters. The lowest BCUT2D eigenvalue weighted by molar-refractivity contribution is 0.0428. The molecule has 1 saturated heterocycles. The highest BCUT2D eigenvalue weighted by Gasteiger charge is 2.35. The van der Waals surface area contributed by atoms with Crippen LogP contribution in [0.1, 0.15) is 37.6 Å². The molecule has 1 aromatic heterocycles. The average Bonchev–Trinajstić information content (AvgIpc) is 2.82. The Balaban J connectivity index is 1.86. The second-order valence-corrected chi connectivity index (χ2v) is 6.96. The number of piperidine rings is 1. The Bertz CT molecular complexity index is 686. The van der Waals surface area contributed by atoms with Gasteiger partial charge in [0.1, 0.15) is 0 Å². The summed E-state index contributed by atoms with van der Waals surface area (Å²) in [7, 11) is 1.96. The SMILES string of the molecule is CC1CCN(C(=O)c2ccc3c(c2)ncn3C)CC1(C)C. The third-order valence-electron chi connectivity index (χ3n) is 5.02. The lowest BCUT2D eigenvalue weighted by atomic mass is 9.75. The fourth-order valence-corrected chi connectivity index (χ4v) is 3.09. The molecule has 0 radical (unpaired) electrons. The normalized spacial score (nSPS) is 21.7. The highest BCUT2D eigenvalue weighted by atomic mass is 16.2. The predicted molar refractivity (Wildman–Crippen MR) is 84.2 cm³/mol. The topological polar surface area (TPSA) is 38.1 Å². The minimum Gasteiger partial charge on any atom is -0.338 e. The molecule has 1 aromatic carbocycles. The summed E-state index contributed by atoms with van der Waals surface area (Å²) in [6, 6.07) is 5.80. The van der Waals surface area contributed by atoms with Crippen LogP contribution in [0.5, 0.6) is 0 Å². The van der Waals surface area contributed by atoms with Gasteiger partial charge in [0.05, 0.1) is 17.4 Å². The van der Waals surface area contributed by atoms with Gasteiger partial charge in [-0.05, 0) is 36.0 Å². The van der Waals surface area contributed by atoms with Crippen LogP contribution in [0.4, 0.5) is 0 Å². The van der Waals surface area contributed by atoms with Gasteiger partial charge in [0.25, 0.3) is 5.91 Å². The van der Waals surface area contributed by atoms with Gasteiger partial charge in [0, 0.05) is 25.7 Å². The van der Waals surface area contributed by atoms with Gasteiger partial charge < -0.3 is 9.47 Å². The molecule has 1 atom stereocenters. The Morgan fingerprint density at radius 3 is 2.86 bits per heavy atom. The van der Waals surface area contributed by atoms with E-state index in [0.29, 0.717) is 5.92 Å². The van der Waals surface area contributed by atoms with Gasteiger partial charge in [-0.1, -0.05) is 20.8 Å². The van der Waals surface area contributed by atoms with E-state index in [2.05, 4.69) is 25.8 Å². The molecule has 2 aromatic rings. The summed E-state index contributed by atoms with van der Waals surface area (Å²) in [4.78, 5) is 19.1. The van der Waals surface area contributed by atoms with Crippen molar-refractivity contribution in [2.75, 3.05) is 13.1 Å². The largest absolute Gasteiger partial charge is 0.338 e. The van der Waals surface area contributed by atoms with E-state index in [0.717, 1.165) is 36.1 Å². The van der Waals surface area contributed by atoms with Crippen LogP contribution in [-0.2, 0) is 7.05 Å². The molecular weight excluding hydrogens is 262 g/mol. The third-order valence-corrected chi connectivity index (χ3v) is 5.02. The van der Waals surface area contributed by atoms with Gasteiger partial charge in [-0.15, -0.1) is 0 Å². The van der Waals surface area contributed by atoms with Crippen molar-refractivity contribution in [3.63, 3.8) is 0 Å². The molecule has 0 N–H and O–H groups in total. The standard InChI is InChI=1S/C17H23N3O/c1-12-7-8-20(10-17(12,2)3)16(21)13-5-6-15-14(9-13)18-11-19(15)4/h5-6,9,11-12H,7-8,10H2,1-4H3. The van der Waals surface area contributed by atoms with Gasteiger partial charge in [-0.2, -0.15) is 0 Å². The summed E-state index contributed by atoms with van der Waals surface area (Å²) in [5.41, 5.74) is 2.86. The molecule has 3 rings (SSSR count). The molecule has 2 heterocycles. The molecule has 1 aliphatic heterocycles. The first-order chi connectivity index (χ1) is 9.88. The van der Waals surface area contributed by atoms with E-state index in [1.807, 2.05) is 34.7 Å². The second-order valence-electron chi connectivity index (χ2n) is 6.96. The van der Waals surface area contributed by atoms with Crippen LogP contribution in [0.3, 0.4) is 0 Å². The van der Waals surface area contributed by atoms with Gasteiger partial charge in [0.2, 0.25) is 0 Å². The van der Waals surface area contributed by atoms with Gasteiger partial charge in [-0.3, -0.25) is 4.79 Å². The quantitative estimate of drug-likeness (QED) is 0.807. The number of carbonyl (C=O) groups is 1. The van der Waals surface area contributed by atoms with Crippen LogP contribution in [0, 0.1) is 11.3 Å². The molecule has 112 valence electrons. The van der Waals surface area contributed by atoms with E-state index in [9.17, 15) is 4.79 Å². The minimum absolute atomic E-state index is 0.127. The second kappa shape index (κ2) is 4.86. The summed E-state index contributed by atoms with van der Waals surface area (Å²) in [6.07, 6.45) is 2.86. The third kappa shape index (κ3) is 2.43. The summed E-state index contributed by atoms with van der Waals surface area (Å²) in [5.74, 6) is 0.780. The summed E-state index contributed by atoms with van der Waals surface area (Å²) < 4.78 is 1.97. The lowest BCUT2D eigenvalue weighted by Gasteiger charge is -2.43. The van der Waals surface area contributed by atoms with E-state index < -0.39 is 0 Å². The van der Waals surface area contributed by atoms with Crippen molar-refractivity contribution in [1.82, 2.24) is 14.5 Å². The minimum atomic E-state index is 0.127. The molecule has 4 nitrogen and oxygen atoms in total. The predicted octanol–water partition coefficient (Wildman–Crippen LogP) is 3.08. The number of aryl methyl sites for hydroxylation is 1. The zero-order valence-corrected chi connectivity index (χ0v) is 13.3. The Labute approximate surface area is 125 Å². The van der Waals surface area contributed by atoms with Gasteiger partial charge in [0.15, 0.2) is 0 Å². The zero-order chi connectivity index (χ0) is 15.2. The van der Waals surface area contributed by atoms with Crippen molar-refractivity contribution in [2.45, 2.75) is 27.2 Å². The highest BCUT2D eigenvalue weighted by molar-refractivity contribution is 5.97. The molecule has 0 saturated carbocycles. The van der Waals surface area contributed by atoms with E-state index in [1.165, 1.54) is 0 Å². The Morgan fingerprint density at radius 1 is 1.38 bits per heavy atom. The monoisotopic (exact) mass is 285 g/mol. The first-order valence-electron chi connectivity index (χ1n) is 7.59. The highest BCUT2D eigenvalue weighted by Crippen LogP contribution is 2.34. The number of carbonyl (C=O) groups excluding carboxylic acids is 1. The van der Waals surface area contributed by atoms with Crippen molar-refractivity contribution < 1.29 is 4.79 Å². The van der Waals surface area contributed by atoms with Crippen LogP contribution < -0.4 is 0 Å². The number of aromatic nitrogens is 2. The number of amides is 1. The Hall–Kier alpha value is -1.84. The maximum Gasteiger partial charge on any atom is 0.253 e. The van der Waals surface area contributed by atoms with Crippen molar-refractivity contribution >= 4 is 16.9 Å². The number of likely N-dealkylation sites (tertiary alicyclic amines) is 1. The van der Waals surface area contributed by atoms with E-state index in [1.54, 1.807) is 6.33 Å². The molecule has 0 bridgehead atoms. The number of nitrogens with zero attached hydrogens (tertiary/aromatic N) is 3. The smallest absolute Gasteiger partial charge is 0.253 e. The number of imidazole rings is 1. The molecule has 4 heteroatoms. The number of fused-ring (bicyclic) bond motifs is 1. The number of benzene rings is 1. The molecule has 21 heavy (non-hydrogen) atoms. The van der Waals surface area contributed by atoms with Crippen LogP contribution >= 0.6 is 0 Å². The van der Waals surface area contributed by atoms with Crippen LogP contribution in [0.2, 0.25) is 0 Å². The average molecular weight is 285 g/mol. The van der Waals surface area contributed by atoms with E-state index in [4.69, 9.17) is 0 Å². The van der Waals surface area contributed by atoms with Gasteiger partial charge >= 0.3 is 0 Å². The maximum absolute atomic E-state index is 12.7. The fraction of sp³-hybridized carbons (Fsp3) is 0.529. The maximum atomic E-state index is 12.7. The summed E-state index contributed by atoms with van der Waals surface area (Å²) in [6.45, 7) is 8.46. The van der Waals surface area contributed by atoms with Crippen molar-refractivity contribution in [2.24, 2.45) is 18.4 Å². The molecule has 0 aliphatic carbocycles. The Morgan fingerprint density at radius 2 is 2.14 bits per heavy atom. The molecule has 1 aliphatic rings. The zero-order valence-electron chi connectivity index (χ0n) is 13.3. The van der Waals surface area contributed by atoms with Gasteiger partial charge in [-0.25, -0.2) is 4.98 Å². The van der Waals surface area contributed by atoms with E-state index >= 15 is 0 Å². The number of rotatable bonds is 1. The fourth-order valence-electron chi connectivity index (χ4n) is 3.09. The number of hydrogen-bond donors (Lipinski definition) is 0. The molecule has 0 spiro atoms. The lowest BCUT2D eigenvalue weighted by Crippen LogP contribution is -2.47. The first-order valence-corrected chi connectivity index (χ1v) is 7.59. The number of hydrogen-bond acceptors (Lipinski definition) is 2. The van der Waals surface area contributed by atoms with Crippen LogP contribution in [0.15, 0.2) is 24.5 Å². The van der Waals surface area contributed by atoms with Crippen molar-refractivity contribution in [3.05, 3.63) is 30.1 Å². The first kappa shape index (κ1) is 14.1. The molecular formula is C17H23N3O. The molecule has 1 amide bonds. The van der Waals surface area contributed by atoms with Crippen molar-refractivity contribution in [1.29, 1.82) is 0 Å².